The predicted molar refractivity (Wildman–Crippen MR) is 119 cm³/mol. The number of hydrogen-bond donors (Lipinski definition) is 4. The summed E-state index contributed by atoms with van der Waals surface area (Å²) in [6, 6.07) is 4.59. The van der Waals surface area contributed by atoms with Crippen LogP contribution in [0.25, 0.3) is 0 Å². The molecule has 11 heteroatoms. The van der Waals surface area contributed by atoms with Gasteiger partial charge in [0.2, 0.25) is 11.8 Å². The van der Waals surface area contributed by atoms with Gasteiger partial charge in [-0.3, -0.25) is 14.4 Å². The Labute approximate surface area is 201 Å². The third kappa shape index (κ3) is 5.83. The van der Waals surface area contributed by atoms with E-state index in [0.717, 1.165) is 19.8 Å². The molecule has 0 aromatic heterocycles. The number of nitriles is 1. The Hall–Kier alpha value is -2.77. The SMILES string of the molecule is CC(O)(c1ccc(Cl)cc1)C(F)(F)C(=O)N[C@@H](CC1CC1)C(=O)N[C@H](C#N)C[C@@H]1CCNC1=O. The molecular weight excluding hydrogens is 470 g/mol. The summed E-state index contributed by atoms with van der Waals surface area (Å²) < 4.78 is 30.2. The number of aliphatic hydroxyl groups is 1. The van der Waals surface area contributed by atoms with Gasteiger partial charge in [-0.15, -0.1) is 0 Å². The number of hydrogen-bond acceptors (Lipinski definition) is 5. The van der Waals surface area contributed by atoms with E-state index >= 15 is 8.78 Å². The van der Waals surface area contributed by atoms with Crippen molar-refractivity contribution in [3.63, 3.8) is 0 Å². The molecule has 8 nitrogen and oxygen atoms in total. The Morgan fingerprint density at radius 3 is 2.41 bits per heavy atom. The van der Waals surface area contributed by atoms with Gasteiger partial charge in [-0.05, 0) is 49.8 Å². The quantitative estimate of drug-likeness (QED) is 0.393. The van der Waals surface area contributed by atoms with Crippen LogP contribution in [-0.4, -0.2) is 47.4 Å². The van der Waals surface area contributed by atoms with Crippen LogP contribution in [0.3, 0.4) is 0 Å². The van der Waals surface area contributed by atoms with Crippen LogP contribution in [0.4, 0.5) is 8.78 Å². The molecule has 0 spiro atoms. The molecule has 0 bridgehead atoms. The Bertz CT molecular complexity index is 976. The highest BCUT2D eigenvalue weighted by molar-refractivity contribution is 6.30. The van der Waals surface area contributed by atoms with E-state index in [9.17, 15) is 24.8 Å². The van der Waals surface area contributed by atoms with Crippen LogP contribution in [0, 0.1) is 23.2 Å². The van der Waals surface area contributed by atoms with Gasteiger partial charge < -0.3 is 21.1 Å². The third-order valence-corrected chi connectivity index (χ3v) is 6.60. The first kappa shape index (κ1) is 25.8. The van der Waals surface area contributed by atoms with Crippen molar-refractivity contribution in [3.05, 3.63) is 34.9 Å². The van der Waals surface area contributed by atoms with Crippen LogP contribution in [0.5, 0.6) is 0 Å². The molecule has 1 aromatic rings. The lowest BCUT2D eigenvalue weighted by Gasteiger charge is -2.33. The monoisotopic (exact) mass is 496 g/mol. The summed E-state index contributed by atoms with van der Waals surface area (Å²) in [6.07, 6.45) is 2.32. The lowest BCUT2D eigenvalue weighted by atomic mass is 9.88. The number of alkyl halides is 2. The van der Waals surface area contributed by atoms with Crippen LogP contribution >= 0.6 is 11.6 Å². The van der Waals surface area contributed by atoms with Crippen molar-refractivity contribution < 1.29 is 28.3 Å². The maximum Gasteiger partial charge on any atom is 0.356 e. The predicted octanol–water partition coefficient (Wildman–Crippen LogP) is 2.00. The normalized spacial score (nSPS) is 21.5. The minimum Gasteiger partial charge on any atom is -0.379 e. The lowest BCUT2D eigenvalue weighted by Crippen LogP contribution is -2.58. The molecule has 34 heavy (non-hydrogen) atoms. The summed E-state index contributed by atoms with van der Waals surface area (Å²) in [5.41, 5.74) is -3.09. The van der Waals surface area contributed by atoms with Crippen molar-refractivity contribution in [1.82, 2.24) is 16.0 Å². The Kier molecular flexibility index (Phi) is 7.78. The molecule has 1 saturated heterocycles. The van der Waals surface area contributed by atoms with E-state index in [4.69, 9.17) is 11.6 Å². The lowest BCUT2D eigenvalue weighted by molar-refractivity contribution is -0.192. The van der Waals surface area contributed by atoms with E-state index in [1.165, 1.54) is 24.3 Å². The van der Waals surface area contributed by atoms with Crippen molar-refractivity contribution in [2.75, 3.05) is 6.54 Å². The minimum atomic E-state index is -4.28. The first-order valence-electron chi connectivity index (χ1n) is 11.1. The smallest absolute Gasteiger partial charge is 0.356 e. The zero-order chi connectivity index (χ0) is 25.1. The molecule has 1 heterocycles. The standard InChI is InChI=1S/C23H27ClF2N4O4/c1-22(34,15-4-6-16(24)7-5-15)23(25,26)21(33)30-18(10-13-2-3-13)20(32)29-17(12-27)11-14-8-9-28-19(14)31/h4-7,13-14,17-18,34H,2-3,8-11H2,1H3,(H,28,31)(H,29,32)(H,30,33)/t14-,17-,18-,22?/m0/s1. The number of nitrogens with one attached hydrogen (secondary N) is 3. The van der Waals surface area contributed by atoms with Crippen LogP contribution in [0.2, 0.25) is 5.02 Å². The summed E-state index contributed by atoms with van der Waals surface area (Å²) in [5.74, 6) is -7.42. The number of nitrogens with zero attached hydrogens (tertiary/aromatic N) is 1. The fourth-order valence-corrected chi connectivity index (χ4v) is 4.04. The molecule has 1 saturated carbocycles. The fourth-order valence-electron chi connectivity index (χ4n) is 3.91. The molecule has 4 N–H and O–H groups in total. The summed E-state index contributed by atoms with van der Waals surface area (Å²) >= 11 is 5.77. The van der Waals surface area contributed by atoms with Gasteiger partial charge in [-0.2, -0.15) is 14.0 Å². The van der Waals surface area contributed by atoms with Crippen LogP contribution in [0.15, 0.2) is 24.3 Å². The number of amides is 3. The minimum absolute atomic E-state index is 0.0829. The number of carbonyl (C=O) groups excluding carboxylic acids is 3. The van der Waals surface area contributed by atoms with Gasteiger partial charge in [0.15, 0.2) is 5.60 Å². The topological polar surface area (TPSA) is 131 Å². The molecule has 2 aliphatic rings. The van der Waals surface area contributed by atoms with E-state index in [1.54, 1.807) is 0 Å². The van der Waals surface area contributed by atoms with Crippen molar-refractivity contribution in [2.24, 2.45) is 11.8 Å². The van der Waals surface area contributed by atoms with Gasteiger partial charge in [0.05, 0.1) is 6.07 Å². The molecule has 3 amide bonds. The van der Waals surface area contributed by atoms with E-state index in [-0.39, 0.29) is 35.3 Å². The third-order valence-electron chi connectivity index (χ3n) is 6.35. The van der Waals surface area contributed by atoms with Gasteiger partial charge in [-0.1, -0.05) is 36.6 Å². The fraction of sp³-hybridized carbons (Fsp3) is 0.565. The second kappa shape index (κ2) is 10.2. The first-order chi connectivity index (χ1) is 16.0. The second-order valence-corrected chi connectivity index (χ2v) is 9.50. The molecule has 1 aromatic carbocycles. The number of carbonyl (C=O) groups is 3. The average Bonchev–Trinajstić information content (AvgIpc) is 3.52. The highest BCUT2D eigenvalue weighted by atomic mass is 35.5. The van der Waals surface area contributed by atoms with Gasteiger partial charge >= 0.3 is 5.92 Å². The maximum atomic E-state index is 15.1. The Balaban J connectivity index is 1.71. The molecule has 4 atom stereocenters. The van der Waals surface area contributed by atoms with Crippen molar-refractivity contribution in [3.8, 4) is 6.07 Å². The molecule has 2 fully saturated rings. The van der Waals surface area contributed by atoms with Crippen LogP contribution < -0.4 is 16.0 Å². The molecule has 3 rings (SSSR count). The van der Waals surface area contributed by atoms with E-state index in [0.29, 0.717) is 13.0 Å². The molecular formula is C23H27ClF2N4O4. The maximum absolute atomic E-state index is 15.1. The van der Waals surface area contributed by atoms with Gasteiger partial charge in [-0.25, -0.2) is 0 Å². The molecule has 184 valence electrons. The van der Waals surface area contributed by atoms with Crippen LogP contribution in [0.1, 0.15) is 44.6 Å². The molecule has 1 aliphatic carbocycles. The summed E-state index contributed by atoms with van der Waals surface area (Å²) in [5, 5.41) is 27.4. The summed E-state index contributed by atoms with van der Waals surface area (Å²) in [6.45, 7) is 1.29. The molecule has 0 radical (unpaired) electrons. The molecule has 1 unspecified atom stereocenters. The average molecular weight is 497 g/mol. The highest BCUT2D eigenvalue weighted by Crippen LogP contribution is 2.39. The zero-order valence-corrected chi connectivity index (χ0v) is 19.4. The van der Waals surface area contributed by atoms with E-state index in [2.05, 4.69) is 16.0 Å². The van der Waals surface area contributed by atoms with E-state index in [1.807, 2.05) is 6.07 Å². The van der Waals surface area contributed by atoms with Gasteiger partial charge in [0.1, 0.15) is 12.1 Å². The number of rotatable bonds is 10. The first-order valence-corrected chi connectivity index (χ1v) is 11.5. The van der Waals surface area contributed by atoms with E-state index < -0.39 is 41.3 Å². The van der Waals surface area contributed by atoms with Crippen LogP contribution in [-0.2, 0) is 20.0 Å². The molecule has 1 aliphatic heterocycles. The zero-order valence-electron chi connectivity index (χ0n) is 18.6. The highest BCUT2D eigenvalue weighted by Gasteiger charge is 2.57. The summed E-state index contributed by atoms with van der Waals surface area (Å²) in [4.78, 5) is 37.2. The number of benzene rings is 1. The van der Waals surface area contributed by atoms with Crippen molar-refractivity contribution in [1.29, 1.82) is 5.26 Å². The summed E-state index contributed by atoms with van der Waals surface area (Å²) in [7, 11) is 0. The second-order valence-electron chi connectivity index (χ2n) is 9.06. The van der Waals surface area contributed by atoms with Gasteiger partial charge in [0.25, 0.3) is 5.91 Å². The number of halogens is 3. The Morgan fingerprint density at radius 1 is 1.24 bits per heavy atom. The van der Waals surface area contributed by atoms with Crippen molar-refractivity contribution >= 4 is 29.3 Å². The van der Waals surface area contributed by atoms with Gasteiger partial charge in [0, 0.05) is 17.5 Å². The Morgan fingerprint density at radius 2 is 1.88 bits per heavy atom. The van der Waals surface area contributed by atoms with Crippen molar-refractivity contribution in [2.45, 2.75) is 62.6 Å². The largest absolute Gasteiger partial charge is 0.379 e.